The molecule has 1 aliphatic rings. The van der Waals surface area contributed by atoms with Gasteiger partial charge in [-0.15, -0.1) is 11.3 Å². The van der Waals surface area contributed by atoms with Gasteiger partial charge in [0.2, 0.25) is 5.91 Å². The van der Waals surface area contributed by atoms with E-state index in [4.69, 9.17) is 4.74 Å². The Morgan fingerprint density at radius 3 is 2.47 bits per heavy atom. The van der Waals surface area contributed by atoms with Crippen LogP contribution in [0.25, 0.3) is 0 Å². The minimum absolute atomic E-state index is 0.0963. The number of esters is 1. The molecule has 0 radical (unpaired) electrons. The molecule has 0 bridgehead atoms. The van der Waals surface area contributed by atoms with Crippen molar-refractivity contribution in [3.63, 3.8) is 0 Å². The lowest BCUT2D eigenvalue weighted by Crippen LogP contribution is -2.38. The Bertz CT molecular complexity index is 1320. The molecule has 0 aliphatic heterocycles. The number of ether oxygens (including phenoxy) is 1. The van der Waals surface area contributed by atoms with Crippen molar-refractivity contribution in [3.8, 4) is 0 Å². The van der Waals surface area contributed by atoms with Crippen LogP contribution in [0.2, 0.25) is 0 Å². The molecule has 1 amide bonds. The van der Waals surface area contributed by atoms with E-state index in [1.807, 2.05) is 19.1 Å². The van der Waals surface area contributed by atoms with Crippen LogP contribution in [0.15, 0.2) is 59.5 Å². The van der Waals surface area contributed by atoms with Gasteiger partial charge in [-0.1, -0.05) is 43.3 Å². The van der Waals surface area contributed by atoms with Crippen LogP contribution in [0.1, 0.15) is 39.7 Å². The van der Waals surface area contributed by atoms with Crippen molar-refractivity contribution in [2.24, 2.45) is 0 Å². The molecule has 0 fully saturated rings. The Kier molecular flexibility index (Phi) is 7.04. The van der Waals surface area contributed by atoms with Gasteiger partial charge in [-0.2, -0.15) is 0 Å². The zero-order valence-corrected chi connectivity index (χ0v) is 20.7. The van der Waals surface area contributed by atoms with Gasteiger partial charge >= 0.3 is 5.97 Å². The van der Waals surface area contributed by atoms with E-state index >= 15 is 0 Å². The second-order valence-corrected chi connectivity index (χ2v) is 10.9. The number of nitrogens with one attached hydrogen (secondary N) is 1. The number of hydrogen-bond acceptors (Lipinski definition) is 6. The zero-order valence-electron chi connectivity index (χ0n) is 19.0. The molecule has 3 aromatic rings. The highest BCUT2D eigenvalue weighted by Crippen LogP contribution is 2.39. The predicted octanol–water partition coefficient (Wildman–Crippen LogP) is 4.42. The summed E-state index contributed by atoms with van der Waals surface area (Å²) in [5.41, 5.74) is 2.54. The zero-order chi connectivity index (χ0) is 24.3. The number of thiophene rings is 1. The quantitative estimate of drug-likeness (QED) is 0.464. The molecule has 1 heterocycles. The first-order valence-corrected chi connectivity index (χ1v) is 13.3. The monoisotopic (exact) mass is 498 g/mol. The fourth-order valence-electron chi connectivity index (χ4n) is 4.18. The molecule has 0 atom stereocenters. The number of amides is 1. The fraction of sp³-hybridized carbons (Fsp3) is 0.280. The van der Waals surface area contributed by atoms with Crippen molar-refractivity contribution < 1.29 is 22.7 Å². The third kappa shape index (κ3) is 4.58. The van der Waals surface area contributed by atoms with Crippen LogP contribution in [0, 0.1) is 0 Å². The minimum atomic E-state index is -4.02. The van der Waals surface area contributed by atoms with Crippen LogP contribution < -0.4 is 9.62 Å². The highest BCUT2D eigenvalue weighted by Gasteiger charge is 2.31. The molecule has 178 valence electrons. The number of rotatable bonds is 8. The van der Waals surface area contributed by atoms with E-state index in [9.17, 15) is 18.0 Å². The number of nitrogens with zero attached hydrogens (tertiary/aromatic N) is 1. The van der Waals surface area contributed by atoms with Crippen LogP contribution in [0.3, 0.4) is 0 Å². The molecule has 1 N–H and O–H groups in total. The number of para-hydroxylation sites is 1. The molecule has 0 saturated carbocycles. The maximum atomic E-state index is 13.6. The van der Waals surface area contributed by atoms with E-state index in [1.54, 1.807) is 30.3 Å². The van der Waals surface area contributed by atoms with Gasteiger partial charge in [0, 0.05) is 4.88 Å². The first kappa shape index (κ1) is 24.0. The summed E-state index contributed by atoms with van der Waals surface area (Å²) in [6.07, 6.45) is 3.15. The molecular formula is C25H26N2O5S2. The minimum Gasteiger partial charge on any atom is -0.465 e. The van der Waals surface area contributed by atoms with Gasteiger partial charge in [-0.25, -0.2) is 13.2 Å². The number of aryl methyl sites for hydroxylation is 2. The van der Waals surface area contributed by atoms with Crippen LogP contribution in [-0.4, -0.2) is 33.9 Å². The van der Waals surface area contributed by atoms with Crippen LogP contribution in [0.5, 0.6) is 0 Å². The number of methoxy groups -OCH3 is 1. The summed E-state index contributed by atoms with van der Waals surface area (Å²) in [6.45, 7) is 1.50. The van der Waals surface area contributed by atoms with Crippen molar-refractivity contribution in [1.82, 2.24) is 0 Å². The van der Waals surface area contributed by atoms with Gasteiger partial charge in [-0.05, 0) is 55.0 Å². The molecule has 1 aliphatic carbocycles. The molecule has 2 aromatic carbocycles. The van der Waals surface area contributed by atoms with E-state index in [-0.39, 0.29) is 4.90 Å². The molecule has 4 rings (SSSR count). The summed E-state index contributed by atoms with van der Waals surface area (Å²) in [4.78, 5) is 26.8. The SMILES string of the molecule is CCc1ccccc1N(CC(=O)Nc1sc2c(c1C(=O)OC)CCC2)S(=O)(=O)c1ccccc1. The van der Waals surface area contributed by atoms with Gasteiger partial charge in [0.15, 0.2) is 0 Å². The van der Waals surface area contributed by atoms with E-state index in [0.717, 1.165) is 39.6 Å². The van der Waals surface area contributed by atoms with E-state index in [0.29, 0.717) is 22.7 Å². The number of sulfonamides is 1. The first-order valence-electron chi connectivity index (χ1n) is 11.0. The summed E-state index contributed by atoms with van der Waals surface area (Å²) in [5.74, 6) is -1.03. The molecule has 0 unspecified atom stereocenters. The van der Waals surface area contributed by atoms with E-state index < -0.39 is 28.4 Å². The number of carbonyl (C=O) groups excluding carboxylic acids is 2. The standard InChI is InChI=1S/C25H26N2O5S2/c1-3-17-10-7-8-14-20(17)27(34(30,31)18-11-5-4-6-12-18)16-22(28)26-24-23(25(29)32-2)19-13-9-15-21(19)33-24/h4-8,10-12,14H,3,9,13,15-16H2,1-2H3,(H,26,28). The lowest BCUT2D eigenvalue weighted by molar-refractivity contribution is -0.114. The number of carbonyl (C=O) groups is 2. The Morgan fingerprint density at radius 1 is 1.06 bits per heavy atom. The highest BCUT2D eigenvalue weighted by atomic mass is 32.2. The summed E-state index contributed by atoms with van der Waals surface area (Å²) in [6, 6.07) is 15.2. The van der Waals surface area contributed by atoms with Gasteiger partial charge in [0.1, 0.15) is 11.5 Å². The Hall–Kier alpha value is -3.17. The van der Waals surface area contributed by atoms with Gasteiger partial charge in [0.05, 0.1) is 23.3 Å². The maximum Gasteiger partial charge on any atom is 0.341 e. The van der Waals surface area contributed by atoms with Crippen LogP contribution in [-0.2, 0) is 38.8 Å². The van der Waals surface area contributed by atoms with Gasteiger partial charge < -0.3 is 10.1 Å². The Labute approximate surface area is 203 Å². The number of hydrogen-bond donors (Lipinski definition) is 1. The Morgan fingerprint density at radius 2 is 1.76 bits per heavy atom. The van der Waals surface area contributed by atoms with Crippen molar-refractivity contribution in [3.05, 3.63) is 76.2 Å². The number of anilines is 2. The molecule has 34 heavy (non-hydrogen) atoms. The first-order chi connectivity index (χ1) is 16.4. The smallest absolute Gasteiger partial charge is 0.341 e. The average molecular weight is 499 g/mol. The molecule has 0 spiro atoms. The summed E-state index contributed by atoms with van der Waals surface area (Å²) in [7, 11) is -2.71. The predicted molar refractivity (Wildman–Crippen MR) is 133 cm³/mol. The second-order valence-electron chi connectivity index (χ2n) is 7.91. The average Bonchev–Trinajstić information content (AvgIpc) is 3.43. The summed E-state index contributed by atoms with van der Waals surface area (Å²) >= 11 is 1.35. The van der Waals surface area contributed by atoms with Gasteiger partial charge in [-0.3, -0.25) is 9.10 Å². The van der Waals surface area contributed by atoms with Crippen molar-refractivity contribution in [2.75, 3.05) is 23.3 Å². The summed E-state index contributed by atoms with van der Waals surface area (Å²) in [5, 5.41) is 3.19. The molecule has 0 saturated heterocycles. The van der Waals surface area contributed by atoms with Crippen molar-refractivity contribution in [1.29, 1.82) is 0 Å². The number of benzene rings is 2. The second kappa shape index (κ2) is 9.99. The van der Waals surface area contributed by atoms with E-state index in [1.165, 1.54) is 30.6 Å². The van der Waals surface area contributed by atoms with Crippen molar-refractivity contribution >= 4 is 43.9 Å². The van der Waals surface area contributed by atoms with Crippen LogP contribution >= 0.6 is 11.3 Å². The van der Waals surface area contributed by atoms with Gasteiger partial charge in [0.25, 0.3) is 10.0 Å². The topological polar surface area (TPSA) is 92.8 Å². The Balaban J connectivity index is 1.69. The molecule has 1 aromatic heterocycles. The van der Waals surface area contributed by atoms with E-state index in [2.05, 4.69) is 5.32 Å². The molecular weight excluding hydrogens is 472 g/mol. The maximum absolute atomic E-state index is 13.6. The third-order valence-corrected chi connectivity index (χ3v) is 8.80. The fourth-order valence-corrected chi connectivity index (χ4v) is 6.95. The van der Waals surface area contributed by atoms with Crippen LogP contribution in [0.4, 0.5) is 10.7 Å². The third-order valence-electron chi connectivity index (χ3n) is 5.82. The lowest BCUT2D eigenvalue weighted by Gasteiger charge is -2.26. The summed E-state index contributed by atoms with van der Waals surface area (Å²) < 4.78 is 33.3. The molecule has 7 nitrogen and oxygen atoms in total. The number of fused-ring (bicyclic) bond motifs is 1. The van der Waals surface area contributed by atoms with Crippen molar-refractivity contribution in [2.45, 2.75) is 37.5 Å². The lowest BCUT2D eigenvalue weighted by atomic mass is 10.1. The highest BCUT2D eigenvalue weighted by molar-refractivity contribution is 7.92. The largest absolute Gasteiger partial charge is 0.465 e. The molecule has 9 heteroatoms. The normalized spacial score (nSPS) is 12.8.